The van der Waals surface area contributed by atoms with Gasteiger partial charge in [-0.1, -0.05) is 6.07 Å². The topological polar surface area (TPSA) is 75.6 Å². The van der Waals surface area contributed by atoms with E-state index in [0.717, 1.165) is 0 Å². The molecule has 0 unspecified atom stereocenters. The quantitative estimate of drug-likeness (QED) is 0.517. The number of rotatable bonds is 7. The van der Waals surface area contributed by atoms with Crippen molar-refractivity contribution >= 4 is 17.9 Å². The van der Waals surface area contributed by atoms with Gasteiger partial charge in [0.1, 0.15) is 5.75 Å². The monoisotopic (exact) mass is 405 g/mol. The van der Waals surface area contributed by atoms with Crippen LogP contribution in [0.3, 0.4) is 0 Å². The average Bonchev–Trinajstić information content (AvgIpc) is 3.08. The highest BCUT2D eigenvalue weighted by atomic mass is 19.3. The van der Waals surface area contributed by atoms with Crippen LogP contribution in [0.1, 0.15) is 11.1 Å². The van der Waals surface area contributed by atoms with Gasteiger partial charge in [-0.05, 0) is 42.0 Å². The first kappa shape index (κ1) is 20.1. The van der Waals surface area contributed by atoms with Gasteiger partial charge in [0.05, 0.1) is 21.3 Å². The summed E-state index contributed by atoms with van der Waals surface area (Å²) in [5.74, 6) is -0.172. The van der Waals surface area contributed by atoms with Crippen molar-refractivity contribution in [3.8, 4) is 23.0 Å². The van der Waals surface area contributed by atoms with Crippen LogP contribution in [0.15, 0.2) is 47.1 Å². The number of benzene rings is 2. The Morgan fingerprint density at radius 1 is 1.03 bits per heavy atom. The zero-order valence-corrected chi connectivity index (χ0v) is 15.8. The molecule has 3 rings (SSSR count). The number of cyclic esters (lactones) is 1. The number of methoxy groups -OCH3 is 3. The van der Waals surface area contributed by atoms with E-state index in [-0.39, 0.29) is 28.8 Å². The van der Waals surface area contributed by atoms with Crippen molar-refractivity contribution in [3.05, 3.63) is 53.2 Å². The van der Waals surface area contributed by atoms with Crippen LogP contribution in [0.5, 0.6) is 23.0 Å². The summed E-state index contributed by atoms with van der Waals surface area (Å²) < 4.78 is 50.4. The average molecular weight is 405 g/mol. The van der Waals surface area contributed by atoms with E-state index in [1.807, 2.05) is 0 Å². The highest BCUT2D eigenvalue weighted by Gasteiger charge is 2.25. The van der Waals surface area contributed by atoms with Gasteiger partial charge in [-0.25, -0.2) is 9.79 Å². The molecule has 1 heterocycles. The second kappa shape index (κ2) is 8.59. The maximum Gasteiger partial charge on any atom is 0.387 e. The second-order valence-corrected chi connectivity index (χ2v) is 5.70. The Morgan fingerprint density at radius 2 is 1.72 bits per heavy atom. The van der Waals surface area contributed by atoms with Crippen LogP contribution in [0.25, 0.3) is 6.08 Å². The van der Waals surface area contributed by atoms with Gasteiger partial charge in [0.15, 0.2) is 17.2 Å². The third-order valence-corrected chi connectivity index (χ3v) is 3.93. The molecular weight excluding hydrogens is 388 g/mol. The van der Waals surface area contributed by atoms with Crippen molar-refractivity contribution in [1.29, 1.82) is 0 Å². The van der Waals surface area contributed by atoms with Crippen molar-refractivity contribution in [1.82, 2.24) is 0 Å². The van der Waals surface area contributed by atoms with E-state index in [4.69, 9.17) is 18.9 Å². The van der Waals surface area contributed by atoms with Crippen molar-refractivity contribution in [2.75, 3.05) is 21.3 Å². The molecule has 0 radical (unpaired) electrons. The first-order chi connectivity index (χ1) is 13.9. The van der Waals surface area contributed by atoms with Gasteiger partial charge in [0, 0.05) is 5.56 Å². The zero-order chi connectivity index (χ0) is 21.0. The largest absolute Gasteiger partial charge is 0.497 e. The summed E-state index contributed by atoms with van der Waals surface area (Å²) in [6.07, 6.45) is 1.42. The van der Waals surface area contributed by atoms with Crippen molar-refractivity contribution in [3.63, 3.8) is 0 Å². The van der Waals surface area contributed by atoms with Crippen LogP contribution >= 0.6 is 0 Å². The van der Waals surface area contributed by atoms with Gasteiger partial charge in [-0.15, -0.1) is 0 Å². The lowest BCUT2D eigenvalue weighted by Crippen LogP contribution is -2.06. The Hall–Kier alpha value is -3.62. The number of alkyl halides is 2. The SMILES string of the molecule is COc1cccc(C2=N/C(=C/c3cc(OC)c(OC(F)F)c(OC)c3)C(=O)O2)c1. The molecule has 1 aliphatic rings. The van der Waals surface area contributed by atoms with Crippen LogP contribution in [-0.2, 0) is 9.53 Å². The molecule has 2 aromatic rings. The molecule has 0 fully saturated rings. The fourth-order valence-corrected chi connectivity index (χ4v) is 2.64. The first-order valence-corrected chi connectivity index (χ1v) is 8.33. The third-order valence-electron chi connectivity index (χ3n) is 3.93. The van der Waals surface area contributed by atoms with Gasteiger partial charge in [0.25, 0.3) is 0 Å². The maximum absolute atomic E-state index is 12.7. The number of hydrogen-bond acceptors (Lipinski definition) is 7. The van der Waals surface area contributed by atoms with Gasteiger partial charge >= 0.3 is 12.6 Å². The van der Waals surface area contributed by atoms with Crippen LogP contribution in [0.2, 0.25) is 0 Å². The first-order valence-electron chi connectivity index (χ1n) is 8.33. The molecule has 9 heteroatoms. The van der Waals surface area contributed by atoms with E-state index in [0.29, 0.717) is 16.9 Å². The standard InChI is InChI=1S/C20H17F2NO6/c1-25-13-6-4-5-12(10-13)18-23-14(19(24)29-18)7-11-8-15(26-2)17(28-20(21)22)16(9-11)27-3/h4-10,20H,1-3H3/b14-7+. The smallest absolute Gasteiger partial charge is 0.387 e. The predicted molar refractivity (Wildman–Crippen MR) is 99.8 cm³/mol. The molecule has 0 bridgehead atoms. The zero-order valence-electron chi connectivity index (χ0n) is 15.8. The van der Waals surface area contributed by atoms with Gasteiger partial charge in [0.2, 0.25) is 11.6 Å². The van der Waals surface area contributed by atoms with E-state index in [1.165, 1.54) is 39.5 Å². The predicted octanol–water partition coefficient (Wildman–Crippen LogP) is 3.66. The molecule has 0 amide bonds. The highest BCUT2D eigenvalue weighted by Crippen LogP contribution is 2.40. The van der Waals surface area contributed by atoms with Crippen molar-refractivity contribution in [2.45, 2.75) is 6.61 Å². The number of halogens is 2. The summed E-state index contributed by atoms with van der Waals surface area (Å²) in [4.78, 5) is 16.4. The number of aliphatic imine (C=N–C) groups is 1. The highest BCUT2D eigenvalue weighted by molar-refractivity contribution is 6.13. The molecular formula is C20H17F2NO6. The Kier molecular flexibility index (Phi) is 5.96. The van der Waals surface area contributed by atoms with Crippen LogP contribution < -0.4 is 18.9 Å². The lowest BCUT2D eigenvalue weighted by Gasteiger charge is -2.14. The minimum atomic E-state index is -3.05. The molecule has 29 heavy (non-hydrogen) atoms. The minimum Gasteiger partial charge on any atom is -0.497 e. The number of hydrogen-bond donors (Lipinski definition) is 0. The van der Waals surface area contributed by atoms with E-state index in [9.17, 15) is 13.6 Å². The fraction of sp³-hybridized carbons (Fsp3) is 0.200. The number of carbonyl (C=O) groups is 1. The minimum absolute atomic E-state index is 0.0138. The molecule has 1 aliphatic heterocycles. The summed E-state index contributed by atoms with van der Waals surface area (Å²) in [7, 11) is 4.12. The Bertz CT molecular complexity index is 962. The molecule has 0 aliphatic carbocycles. The molecule has 0 saturated carbocycles. The summed E-state index contributed by atoms with van der Waals surface area (Å²) in [5, 5.41) is 0. The number of carbonyl (C=O) groups excluding carboxylic acids is 1. The summed E-state index contributed by atoms with van der Waals surface area (Å²) in [6, 6.07) is 9.72. The Labute approximate surface area is 165 Å². The number of esters is 1. The van der Waals surface area contributed by atoms with Gasteiger partial charge in [-0.3, -0.25) is 0 Å². The second-order valence-electron chi connectivity index (χ2n) is 5.70. The molecule has 0 saturated heterocycles. The van der Waals surface area contributed by atoms with Crippen molar-refractivity contribution in [2.24, 2.45) is 4.99 Å². The molecule has 0 N–H and O–H groups in total. The van der Waals surface area contributed by atoms with Crippen LogP contribution in [-0.4, -0.2) is 39.8 Å². The normalized spacial score (nSPS) is 14.6. The van der Waals surface area contributed by atoms with E-state index >= 15 is 0 Å². The Balaban J connectivity index is 1.98. The molecule has 0 aromatic heterocycles. The van der Waals surface area contributed by atoms with Gasteiger partial charge in [-0.2, -0.15) is 8.78 Å². The van der Waals surface area contributed by atoms with E-state index in [1.54, 1.807) is 24.3 Å². The maximum atomic E-state index is 12.7. The van der Waals surface area contributed by atoms with E-state index in [2.05, 4.69) is 9.73 Å². The van der Waals surface area contributed by atoms with Crippen molar-refractivity contribution < 1.29 is 37.3 Å². The lowest BCUT2D eigenvalue weighted by molar-refractivity contribution is -0.129. The summed E-state index contributed by atoms with van der Waals surface area (Å²) in [5.41, 5.74) is 1.01. The molecule has 2 aromatic carbocycles. The summed E-state index contributed by atoms with van der Waals surface area (Å²) >= 11 is 0. The molecule has 152 valence electrons. The lowest BCUT2D eigenvalue weighted by atomic mass is 10.1. The molecule has 0 spiro atoms. The van der Waals surface area contributed by atoms with Crippen LogP contribution in [0.4, 0.5) is 8.78 Å². The molecule has 0 atom stereocenters. The summed E-state index contributed by atoms with van der Waals surface area (Å²) in [6.45, 7) is -3.05. The number of nitrogens with zero attached hydrogens (tertiary/aromatic N) is 1. The van der Waals surface area contributed by atoms with Crippen LogP contribution in [0, 0.1) is 0 Å². The van der Waals surface area contributed by atoms with E-state index < -0.39 is 12.6 Å². The van der Waals surface area contributed by atoms with Gasteiger partial charge < -0.3 is 23.7 Å². The number of ether oxygens (including phenoxy) is 5. The fourth-order valence-electron chi connectivity index (χ4n) is 2.64. The Morgan fingerprint density at radius 3 is 2.31 bits per heavy atom. The molecule has 7 nitrogen and oxygen atoms in total. The third kappa shape index (κ3) is 4.45.